The largest absolute Gasteiger partial charge is 0.324 e. The van der Waals surface area contributed by atoms with E-state index in [0.29, 0.717) is 12.0 Å². The van der Waals surface area contributed by atoms with Crippen LogP contribution in [-0.4, -0.2) is 0 Å². The van der Waals surface area contributed by atoms with E-state index in [2.05, 4.69) is 32.0 Å². The van der Waals surface area contributed by atoms with Crippen LogP contribution in [0.15, 0.2) is 36.4 Å². The number of nitrogens with two attached hydrogens (primary N) is 1. The second-order valence-corrected chi connectivity index (χ2v) is 5.33. The van der Waals surface area contributed by atoms with Gasteiger partial charge in [0.15, 0.2) is 0 Å². The first kappa shape index (κ1) is 14.0. The fourth-order valence-corrected chi connectivity index (χ4v) is 2.62. The average Bonchev–Trinajstić information content (AvgIpc) is 2.31. The molecule has 0 saturated carbocycles. The summed E-state index contributed by atoms with van der Waals surface area (Å²) in [6, 6.07) is 10.8. The van der Waals surface area contributed by atoms with Crippen molar-refractivity contribution < 1.29 is 4.39 Å². The van der Waals surface area contributed by atoms with Crippen LogP contribution in [0, 0.1) is 19.7 Å². The lowest BCUT2D eigenvalue weighted by Crippen LogP contribution is -2.14. The van der Waals surface area contributed by atoms with Gasteiger partial charge < -0.3 is 5.73 Å². The summed E-state index contributed by atoms with van der Waals surface area (Å²) < 4.78 is 13.4. The molecule has 2 N–H and O–H groups in total. The topological polar surface area (TPSA) is 26.0 Å². The van der Waals surface area contributed by atoms with Crippen molar-refractivity contribution in [2.45, 2.75) is 26.3 Å². The van der Waals surface area contributed by atoms with Crippen LogP contribution in [0.1, 0.15) is 28.3 Å². The van der Waals surface area contributed by atoms with Crippen molar-refractivity contribution in [2.24, 2.45) is 5.73 Å². The van der Waals surface area contributed by atoms with E-state index in [1.54, 1.807) is 12.1 Å². The van der Waals surface area contributed by atoms with Crippen LogP contribution in [0.25, 0.3) is 0 Å². The van der Waals surface area contributed by atoms with E-state index in [-0.39, 0.29) is 11.1 Å². The molecular formula is C16H17ClFN. The van der Waals surface area contributed by atoms with E-state index in [1.165, 1.54) is 17.2 Å². The lowest BCUT2D eigenvalue weighted by molar-refractivity contribution is 0.619. The van der Waals surface area contributed by atoms with Gasteiger partial charge in [0.1, 0.15) is 5.82 Å². The minimum atomic E-state index is -0.421. The molecule has 2 rings (SSSR count). The standard InChI is InChI=1S/C16H17ClFN/c1-10-6-11(2)8-12(7-10)9-15(19)13-4-3-5-14(18)16(13)17/h3-8,15H,9,19H2,1-2H3. The van der Waals surface area contributed by atoms with Crippen molar-refractivity contribution in [1.29, 1.82) is 0 Å². The Bertz CT molecular complexity index is 575. The van der Waals surface area contributed by atoms with Gasteiger partial charge in [-0.1, -0.05) is 53.1 Å². The molecule has 0 aliphatic carbocycles. The Morgan fingerprint density at radius 2 is 1.79 bits per heavy atom. The van der Waals surface area contributed by atoms with Gasteiger partial charge in [0.25, 0.3) is 0 Å². The van der Waals surface area contributed by atoms with Gasteiger partial charge in [-0.15, -0.1) is 0 Å². The molecule has 3 heteroatoms. The molecule has 0 aromatic heterocycles. The smallest absolute Gasteiger partial charge is 0.142 e. The first-order valence-electron chi connectivity index (χ1n) is 6.24. The molecule has 0 aliphatic heterocycles. The molecule has 0 radical (unpaired) electrons. The number of aryl methyl sites for hydroxylation is 2. The van der Waals surface area contributed by atoms with Crippen LogP contribution < -0.4 is 5.73 Å². The SMILES string of the molecule is Cc1cc(C)cc(CC(N)c2cccc(F)c2Cl)c1. The maximum absolute atomic E-state index is 13.4. The summed E-state index contributed by atoms with van der Waals surface area (Å²) in [5.74, 6) is -0.421. The fraction of sp³-hybridized carbons (Fsp3) is 0.250. The minimum absolute atomic E-state index is 0.124. The molecule has 0 aliphatic rings. The molecule has 0 bridgehead atoms. The molecule has 0 saturated heterocycles. The number of hydrogen-bond acceptors (Lipinski definition) is 1. The molecule has 1 unspecified atom stereocenters. The summed E-state index contributed by atoms with van der Waals surface area (Å²) in [6.07, 6.45) is 0.645. The van der Waals surface area contributed by atoms with E-state index in [4.69, 9.17) is 17.3 Å². The molecule has 2 aromatic carbocycles. The Balaban J connectivity index is 2.25. The highest BCUT2D eigenvalue weighted by Crippen LogP contribution is 2.26. The molecule has 2 aromatic rings. The van der Waals surface area contributed by atoms with E-state index in [0.717, 1.165) is 5.56 Å². The fourth-order valence-electron chi connectivity index (χ4n) is 2.36. The molecule has 0 spiro atoms. The molecule has 1 atom stereocenters. The molecule has 100 valence electrons. The average molecular weight is 278 g/mol. The molecule has 1 nitrogen and oxygen atoms in total. The number of rotatable bonds is 3. The number of halogens is 2. The summed E-state index contributed by atoms with van der Waals surface area (Å²) in [5.41, 5.74) is 10.3. The Labute approximate surface area is 118 Å². The van der Waals surface area contributed by atoms with Crippen molar-refractivity contribution >= 4 is 11.6 Å². The molecular weight excluding hydrogens is 261 g/mol. The minimum Gasteiger partial charge on any atom is -0.324 e. The summed E-state index contributed by atoms with van der Waals surface area (Å²) in [6.45, 7) is 4.11. The number of benzene rings is 2. The van der Waals surface area contributed by atoms with Crippen LogP contribution in [0.4, 0.5) is 4.39 Å². The quantitative estimate of drug-likeness (QED) is 0.887. The summed E-state index contributed by atoms with van der Waals surface area (Å²) in [7, 11) is 0. The van der Waals surface area contributed by atoms with Crippen LogP contribution in [0.3, 0.4) is 0 Å². The summed E-state index contributed by atoms with van der Waals surface area (Å²) in [4.78, 5) is 0. The van der Waals surface area contributed by atoms with Gasteiger partial charge >= 0.3 is 0 Å². The van der Waals surface area contributed by atoms with Gasteiger partial charge in [-0.05, 0) is 37.5 Å². The number of hydrogen-bond donors (Lipinski definition) is 1. The predicted octanol–water partition coefficient (Wildman–Crippen LogP) is 4.34. The van der Waals surface area contributed by atoms with Gasteiger partial charge in [-0.2, -0.15) is 0 Å². The van der Waals surface area contributed by atoms with Gasteiger partial charge in [-0.3, -0.25) is 0 Å². The van der Waals surface area contributed by atoms with Gasteiger partial charge in [0.05, 0.1) is 5.02 Å². The highest BCUT2D eigenvalue weighted by molar-refractivity contribution is 6.31. The van der Waals surface area contributed by atoms with E-state index in [9.17, 15) is 4.39 Å². The van der Waals surface area contributed by atoms with Crippen molar-refractivity contribution in [3.8, 4) is 0 Å². The molecule has 0 amide bonds. The van der Waals surface area contributed by atoms with Crippen molar-refractivity contribution in [1.82, 2.24) is 0 Å². The lowest BCUT2D eigenvalue weighted by atomic mass is 9.97. The Morgan fingerprint density at radius 1 is 1.16 bits per heavy atom. The van der Waals surface area contributed by atoms with Gasteiger partial charge in [0.2, 0.25) is 0 Å². The second-order valence-electron chi connectivity index (χ2n) is 4.95. The molecule has 19 heavy (non-hydrogen) atoms. The van der Waals surface area contributed by atoms with Gasteiger partial charge in [-0.25, -0.2) is 4.39 Å². The van der Waals surface area contributed by atoms with Crippen LogP contribution >= 0.6 is 11.6 Å². The summed E-state index contributed by atoms with van der Waals surface area (Å²) >= 11 is 5.96. The van der Waals surface area contributed by atoms with Crippen LogP contribution in [-0.2, 0) is 6.42 Å². The maximum atomic E-state index is 13.4. The van der Waals surface area contributed by atoms with E-state index < -0.39 is 5.82 Å². The van der Waals surface area contributed by atoms with E-state index >= 15 is 0 Å². The monoisotopic (exact) mass is 277 g/mol. The predicted molar refractivity (Wildman–Crippen MR) is 78.0 cm³/mol. The summed E-state index contributed by atoms with van der Waals surface area (Å²) in [5, 5.41) is 0.124. The second kappa shape index (κ2) is 5.72. The highest BCUT2D eigenvalue weighted by atomic mass is 35.5. The zero-order chi connectivity index (χ0) is 14.0. The Hall–Kier alpha value is -1.38. The third-order valence-electron chi connectivity index (χ3n) is 3.12. The Morgan fingerprint density at radius 3 is 2.42 bits per heavy atom. The van der Waals surface area contributed by atoms with Gasteiger partial charge in [0, 0.05) is 6.04 Å². The first-order valence-corrected chi connectivity index (χ1v) is 6.62. The zero-order valence-corrected chi connectivity index (χ0v) is 11.8. The Kier molecular flexibility index (Phi) is 4.23. The van der Waals surface area contributed by atoms with Crippen LogP contribution in [0.5, 0.6) is 0 Å². The molecule has 0 heterocycles. The zero-order valence-electron chi connectivity index (χ0n) is 11.1. The van der Waals surface area contributed by atoms with Crippen LogP contribution in [0.2, 0.25) is 5.02 Å². The third-order valence-corrected chi connectivity index (χ3v) is 3.52. The van der Waals surface area contributed by atoms with Crippen molar-refractivity contribution in [3.63, 3.8) is 0 Å². The molecule has 0 fully saturated rings. The first-order chi connectivity index (χ1) is 8.97. The van der Waals surface area contributed by atoms with Crippen molar-refractivity contribution in [2.75, 3.05) is 0 Å². The van der Waals surface area contributed by atoms with E-state index in [1.807, 2.05) is 0 Å². The highest BCUT2D eigenvalue weighted by Gasteiger charge is 2.13. The lowest BCUT2D eigenvalue weighted by Gasteiger charge is -2.15. The maximum Gasteiger partial charge on any atom is 0.142 e. The normalized spacial score (nSPS) is 12.5. The van der Waals surface area contributed by atoms with Crippen molar-refractivity contribution in [3.05, 3.63) is 69.5 Å². The third kappa shape index (κ3) is 3.34.